The maximum Gasteiger partial charge on any atom is 0.271 e. The summed E-state index contributed by atoms with van der Waals surface area (Å²) in [5.41, 5.74) is 2.44. The Morgan fingerprint density at radius 2 is 1.88 bits per heavy atom. The van der Waals surface area contributed by atoms with Crippen LogP contribution in [0, 0.1) is 0 Å². The number of nitrogens with one attached hydrogen (secondary N) is 2. The van der Waals surface area contributed by atoms with Crippen molar-refractivity contribution < 1.29 is 4.79 Å². The van der Waals surface area contributed by atoms with Crippen LogP contribution in [0.4, 0.5) is 5.82 Å². The van der Waals surface area contributed by atoms with Gasteiger partial charge in [0.1, 0.15) is 11.5 Å². The van der Waals surface area contributed by atoms with Gasteiger partial charge in [-0.25, -0.2) is 9.97 Å². The van der Waals surface area contributed by atoms with Gasteiger partial charge >= 0.3 is 0 Å². The Kier molecular flexibility index (Phi) is 6.11. The first-order valence-electron chi connectivity index (χ1n) is 8.18. The molecule has 2 N–H and O–H groups in total. The largest absolute Gasteiger partial charge is 0.365 e. The number of amides is 1. The lowest BCUT2D eigenvalue weighted by Gasteiger charge is -2.07. The third kappa shape index (κ3) is 5.26. The topological polar surface area (TPSA) is 79.8 Å². The summed E-state index contributed by atoms with van der Waals surface area (Å²) in [7, 11) is 0. The summed E-state index contributed by atoms with van der Waals surface area (Å²) in [6.45, 7) is 1.12. The van der Waals surface area contributed by atoms with Crippen LogP contribution in [-0.4, -0.2) is 27.4 Å². The Labute approximate surface area is 156 Å². The Balaban J connectivity index is 1.47. The van der Waals surface area contributed by atoms with Gasteiger partial charge < -0.3 is 10.6 Å². The monoisotopic (exact) mass is 367 g/mol. The van der Waals surface area contributed by atoms with Crippen LogP contribution >= 0.6 is 11.6 Å². The highest BCUT2D eigenvalue weighted by Gasteiger charge is 2.07. The molecule has 3 aromatic rings. The number of carbonyl (C=O) groups excluding carboxylic acids is 1. The Hall–Kier alpha value is -2.99. The normalized spacial score (nSPS) is 10.3. The van der Waals surface area contributed by atoms with E-state index in [4.69, 9.17) is 11.6 Å². The van der Waals surface area contributed by atoms with E-state index in [-0.39, 0.29) is 11.6 Å². The van der Waals surface area contributed by atoms with Crippen molar-refractivity contribution in [3.63, 3.8) is 0 Å². The van der Waals surface area contributed by atoms with E-state index in [9.17, 15) is 4.79 Å². The molecular weight excluding hydrogens is 350 g/mol. The van der Waals surface area contributed by atoms with Gasteiger partial charge in [0.25, 0.3) is 5.91 Å². The van der Waals surface area contributed by atoms with E-state index in [0.29, 0.717) is 30.4 Å². The zero-order valence-electron chi connectivity index (χ0n) is 14.0. The highest BCUT2D eigenvalue weighted by Crippen LogP contribution is 2.10. The summed E-state index contributed by atoms with van der Waals surface area (Å²) in [5, 5.41) is 6.67. The molecule has 0 unspecified atom stereocenters. The van der Waals surface area contributed by atoms with Gasteiger partial charge in [-0.1, -0.05) is 23.7 Å². The van der Waals surface area contributed by atoms with Gasteiger partial charge in [0.15, 0.2) is 0 Å². The predicted molar refractivity (Wildman–Crippen MR) is 101 cm³/mol. The standard InChI is InChI=1S/C19H18ClN5O/c20-16-3-1-2-14(10-16)6-9-22-19(26)17-12-25-18(13-23-17)24-11-15-4-7-21-8-5-15/h1-5,7-8,10,12-13H,6,9,11H2,(H,22,26)(H,24,25). The van der Waals surface area contributed by atoms with Crippen LogP contribution in [0.2, 0.25) is 5.02 Å². The molecule has 0 radical (unpaired) electrons. The third-order valence-corrected chi connectivity index (χ3v) is 3.93. The molecule has 0 fully saturated rings. The van der Waals surface area contributed by atoms with Crippen molar-refractivity contribution in [1.29, 1.82) is 0 Å². The number of halogens is 1. The number of rotatable bonds is 7. The molecule has 0 aliphatic heterocycles. The summed E-state index contributed by atoms with van der Waals surface area (Å²) >= 11 is 5.95. The van der Waals surface area contributed by atoms with Crippen molar-refractivity contribution in [3.8, 4) is 0 Å². The fourth-order valence-electron chi connectivity index (χ4n) is 2.33. The zero-order chi connectivity index (χ0) is 18.2. The van der Waals surface area contributed by atoms with Gasteiger partial charge in [0.05, 0.1) is 12.4 Å². The number of nitrogens with zero attached hydrogens (tertiary/aromatic N) is 3. The number of carbonyl (C=O) groups is 1. The fraction of sp³-hybridized carbons (Fsp3) is 0.158. The van der Waals surface area contributed by atoms with Gasteiger partial charge in [0.2, 0.25) is 0 Å². The second kappa shape index (κ2) is 8.92. The molecule has 0 saturated carbocycles. The van der Waals surface area contributed by atoms with Crippen LogP contribution < -0.4 is 10.6 Å². The number of anilines is 1. The first kappa shape index (κ1) is 17.8. The minimum atomic E-state index is -0.250. The number of benzene rings is 1. The molecule has 0 atom stereocenters. The molecule has 0 aliphatic carbocycles. The molecule has 6 nitrogen and oxygen atoms in total. The molecule has 1 aromatic carbocycles. The van der Waals surface area contributed by atoms with Gasteiger partial charge in [-0.05, 0) is 41.8 Å². The fourth-order valence-corrected chi connectivity index (χ4v) is 2.55. The third-order valence-electron chi connectivity index (χ3n) is 3.70. The number of hydrogen-bond acceptors (Lipinski definition) is 5. The Bertz CT molecular complexity index is 855. The molecule has 7 heteroatoms. The van der Waals surface area contributed by atoms with Crippen molar-refractivity contribution in [2.45, 2.75) is 13.0 Å². The summed E-state index contributed by atoms with van der Waals surface area (Å²) < 4.78 is 0. The Morgan fingerprint density at radius 3 is 2.62 bits per heavy atom. The lowest BCUT2D eigenvalue weighted by atomic mass is 10.1. The van der Waals surface area contributed by atoms with Crippen LogP contribution in [-0.2, 0) is 13.0 Å². The molecule has 2 aromatic heterocycles. The van der Waals surface area contributed by atoms with Crippen molar-refractivity contribution in [3.05, 3.63) is 83.0 Å². The van der Waals surface area contributed by atoms with Crippen molar-refractivity contribution in [2.24, 2.45) is 0 Å². The molecule has 0 bridgehead atoms. The smallest absolute Gasteiger partial charge is 0.271 e. The first-order chi connectivity index (χ1) is 12.7. The van der Waals surface area contributed by atoms with E-state index in [1.165, 1.54) is 6.20 Å². The molecule has 0 spiro atoms. The predicted octanol–water partition coefficient (Wildman–Crippen LogP) is 3.11. The second-order valence-corrected chi connectivity index (χ2v) is 6.07. The zero-order valence-corrected chi connectivity index (χ0v) is 14.8. The minimum absolute atomic E-state index is 0.250. The lowest BCUT2D eigenvalue weighted by molar-refractivity contribution is 0.0949. The quantitative estimate of drug-likeness (QED) is 0.670. The van der Waals surface area contributed by atoms with E-state index in [1.54, 1.807) is 18.6 Å². The van der Waals surface area contributed by atoms with E-state index >= 15 is 0 Å². The summed E-state index contributed by atoms with van der Waals surface area (Å²) in [5.74, 6) is 0.359. The van der Waals surface area contributed by atoms with Gasteiger partial charge in [-0.3, -0.25) is 9.78 Å². The maximum absolute atomic E-state index is 12.1. The first-order valence-corrected chi connectivity index (χ1v) is 8.56. The molecule has 3 rings (SSSR count). The molecule has 0 saturated heterocycles. The summed E-state index contributed by atoms with van der Waals surface area (Å²) in [6, 6.07) is 11.4. The van der Waals surface area contributed by atoms with Crippen LogP contribution in [0.25, 0.3) is 0 Å². The molecular formula is C19H18ClN5O. The summed E-state index contributed by atoms with van der Waals surface area (Å²) in [6.07, 6.45) is 7.18. The van der Waals surface area contributed by atoms with Gasteiger partial charge in [0, 0.05) is 30.5 Å². The summed E-state index contributed by atoms with van der Waals surface area (Å²) in [4.78, 5) is 24.5. The minimum Gasteiger partial charge on any atom is -0.365 e. The molecule has 1 amide bonds. The van der Waals surface area contributed by atoms with Crippen molar-refractivity contribution in [2.75, 3.05) is 11.9 Å². The van der Waals surface area contributed by atoms with Gasteiger partial charge in [-0.2, -0.15) is 0 Å². The highest BCUT2D eigenvalue weighted by atomic mass is 35.5. The second-order valence-electron chi connectivity index (χ2n) is 5.63. The Morgan fingerprint density at radius 1 is 1.04 bits per heavy atom. The van der Waals surface area contributed by atoms with Crippen molar-refractivity contribution >= 4 is 23.3 Å². The van der Waals surface area contributed by atoms with Crippen LogP contribution in [0.5, 0.6) is 0 Å². The van der Waals surface area contributed by atoms with E-state index < -0.39 is 0 Å². The molecule has 0 aliphatic rings. The van der Waals surface area contributed by atoms with Crippen molar-refractivity contribution in [1.82, 2.24) is 20.3 Å². The SMILES string of the molecule is O=C(NCCc1cccc(Cl)c1)c1cnc(NCc2ccncc2)cn1. The van der Waals surface area contributed by atoms with E-state index in [1.807, 2.05) is 36.4 Å². The van der Waals surface area contributed by atoms with Crippen LogP contribution in [0.3, 0.4) is 0 Å². The van der Waals surface area contributed by atoms with E-state index in [0.717, 1.165) is 11.1 Å². The number of hydrogen-bond donors (Lipinski definition) is 2. The average molecular weight is 368 g/mol. The number of pyridine rings is 1. The molecule has 132 valence electrons. The maximum atomic E-state index is 12.1. The van der Waals surface area contributed by atoms with Crippen LogP contribution in [0.15, 0.2) is 61.2 Å². The van der Waals surface area contributed by atoms with Gasteiger partial charge in [-0.15, -0.1) is 0 Å². The molecule has 2 heterocycles. The average Bonchev–Trinajstić information content (AvgIpc) is 2.67. The lowest BCUT2D eigenvalue weighted by Crippen LogP contribution is -2.26. The highest BCUT2D eigenvalue weighted by molar-refractivity contribution is 6.30. The van der Waals surface area contributed by atoms with Crippen LogP contribution in [0.1, 0.15) is 21.6 Å². The van der Waals surface area contributed by atoms with E-state index in [2.05, 4.69) is 25.6 Å². The number of aromatic nitrogens is 3. The molecule has 26 heavy (non-hydrogen) atoms.